The van der Waals surface area contributed by atoms with Gasteiger partial charge in [0.1, 0.15) is 0 Å². The molecule has 0 rings (SSSR count). The zero-order valence-electron chi connectivity index (χ0n) is 10.4. The standard InChI is InChI=1S/C11H24N2O/c1-7-12(8-2)10(14)13(9-3)11(4,5)6/h7-9H2,1-6H3. The van der Waals surface area contributed by atoms with Crippen molar-refractivity contribution in [2.24, 2.45) is 0 Å². The third kappa shape index (κ3) is 3.20. The second kappa shape index (κ2) is 5.23. The Kier molecular flexibility index (Phi) is 4.95. The molecule has 0 fully saturated rings. The van der Waals surface area contributed by atoms with Crippen LogP contribution < -0.4 is 0 Å². The summed E-state index contributed by atoms with van der Waals surface area (Å²) in [5.74, 6) is 0. The number of nitrogens with zero attached hydrogens (tertiary/aromatic N) is 2. The zero-order chi connectivity index (χ0) is 11.4. The first-order valence-corrected chi connectivity index (χ1v) is 5.44. The molecule has 3 heteroatoms. The number of hydrogen-bond acceptors (Lipinski definition) is 1. The van der Waals surface area contributed by atoms with E-state index in [1.54, 1.807) is 0 Å². The van der Waals surface area contributed by atoms with Crippen molar-refractivity contribution in [3.8, 4) is 0 Å². The third-order valence-electron chi connectivity index (χ3n) is 2.39. The van der Waals surface area contributed by atoms with Crippen LogP contribution in [0.2, 0.25) is 0 Å². The Hall–Kier alpha value is -0.730. The van der Waals surface area contributed by atoms with Gasteiger partial charge in [-0.2, -0.15) is 0 Å². The molecule has 0 aromatic carbocycles. The number of hydrogen-bond donors (Lipinski definition) is 0. The molecule has 0 aromatic heterocycles. The van der Waals surface area contributed by atoms with E-state index in [0.717, 1.165) is 19.6 Å². The van der Waals surface area contributed by atoms with Crippen molar-refractivity contribution in [3.63, 3.8) is 0 Å². The van der Waals surface area contributed by atoms with Gasteiger partial charge in [-0.05, 0) is 41.5 Å². The molecule has 0 spiro atoms. The number of carbonyl (C=O) groups is 1. The highest BCUT2D eigenvalue weighted by atomic mass is 16.2. The van der Waals surface area contributed by atoms with E-state index in [2.05, 4.69) is 20.8 Å². The molecule has 0 N–H and O–H groups in total. The van der Waals surface area contributed by atoms with Crippen molar-refractivity contribution in [3.05, 3.63) is 0 Å². The highest BCUT2D eigenvalue weighted by Crippen LogP contribution is 2.15. The topological polar surface area (TPSA) is 23.6 Å². The molecule has 0 saturated heterocycles. The summed E-state index contributed by atoms with van der Waals surface area (Å²) < 4.78 is 0. The molecule has 14 heavy (non-hydrogen) atoms. The van der Waals surface area contributed by atoms with E-state index in [9.17, 15) is 4.79 Å². The lowest BCUT2D eigenvalue weighted by molar-refractivity contribution is 0.116. The Balaban J connectivity index is 4.61. The summed E-state index contributed by atoms with van der Waals surface area (Å²) in [5.41, 5.74) is -0.0889. The lowest BCUT2D eigenvalue weighted by Crippen LogP contribution is -2.51. The van der Waals surface area contributed by atoms with Crippen LogP contribution in [0.25, 0.3) is 0 Å². The molecule has 0 atom stereocenters. The quantitative estimate of drug-likeness (QED) is 0.687. The molecule has 0 aliphatic carbocycles. The van der Waals surface area contributed by atoms with Crippen molar-refractivity contribution in [1.29, 1.82) is 0 Å². The maximum atomic E-state index is 12.0. The van der Waals surface area contributed by atoms with Crippen LogP contribution in [-0.4, -0.2) is 41.0 Å². The molecule has 0 heterocycles. The normalized spacial score (nSPS) is 11.3. The van der Waals surface area contributed by atoms with Gasteiger partial charge in [-0.1, -0.05) is 0 Å². The molecule has 3 nitrogen and oxygen atoms in total. The van der Waals surface area contributed by atoms with Gasteiger partial charge in [0.15, 0.2) is 0 Å². The van der Waals surface area contributed by atoms with E-state index in [4.69, 9.17) is 0 Å². The van der Waals surface area contributed by atoms with E-state index in [-0.39, 0.29) is 11.6 Å². The zero-order valence-corrected chi connectivity index (χ0v) is 10.4. The predicted octanol–water partition coefficient (Wildman–Crippen LogP) is 2.57. The van der Waals surface area contributed by atoms with Gasteiger partial charge >= 0.3 is 6.03 Å². The van der Waals surface area contributed by atoms with Crippen molar-refractivity contribution >= 4 is 6.03 Å². The van der Waals surface area contributed by atoms with Gasteiger partial charge in [0.2, 0.25) is 0 Å². The number of rotatable bonds is 3. The fourth-order valence-electron chi connectivity index (χ4n) is 1.56. The first kappa shape index (κ1) is 13.3. The second-order valence-electron chi connectivity index (χ2n) is 4.37. The molecular weight excluding hydrogens is 176 g/mol. The Labute approximate surface area is 88.1 Å². The van der Waals surface area contributed by atoms with Crippen LogP contribution >= 0.6 is 0 Å². The Morgan fingerprint density at radius 3 is 1.64 bits per heavy atom. The van der Waals surface area contributed by atoms with Crippen LogP contribution in [0.4, 0.5) is 4.79 Å². The number of urea groups is 1. The molecule has 0 radical (unpaired) electrons. The van der Waals surface area contributed by atoms with E-state index in [1.807, 2.05) is 30.6 Å². The Bertz CT molecular complexity index is 180. The Morgan fingerprint density at radius 2 is 1.43 bits per heavy atom. The van der Waals surface area contributed by atoms with Gasteiger partial charge in [0, 0.05) is 25.2 Å². The fraction of sp³-hybridized carbons (Fsp3) is 0.909. The second-order valence-corrected chi connectivity index (χ2v) is 4.37. The molecule has 0 saturated carbocycles. The van der Waals surface area contributed by atoms with Gasteiger partial charge in [-0.3, -0.25) is 0 Å². The van der Waals surface area contributed by atoms with Crippen LogP contribution in [0.5, 0.6) is 0 Å². The fourth-order valence-corrected chi connectivity index (χ4v) is 1.56. The minimum atomic E-state index is -0.0889. The van der Waals surface area contributed by atoms with Crippen molar-refractivity contribution in [1.82, 2.24) is 9.80 Å². The minimum Gasteiger partial charge on any atom is -0.325 e. The molecule has 0 bridgehead atoms. The highest BCUT2D eigenvalue weighted by molar-refractivity contribution is 5.75. The van der Waals surface area contributed by atoms with Gasteiger partial charge < -0.3 is 9.80 Å². The lowest BCUT2D eigenvalue weighted by atomic mass is 10.1. The highest BCUT2D eigenvalue weighted by Gasteiger charge is 2.27. The van der Waals surface area contributed by atoms with E-state index in [1.165, 1.54) is 0 Å². The smallest absolute Gasteiger partial charge is 0.320 e. The average Bonchev–Trinajstić information content (AvgIpc) is 2.05. The molecule has 0 unspecified atom stereocenters. The monoisotopic (exact) mass is 200 g/mol. The molecular formula is C11H24N2O. The summed E-state index contributed by atoms with van der Waals surface area (Å²) in [4.78, 5) is 15.8. The average molecular weight is 200 g/mol. The summed E-state index contributed by atoms with van der Waals surface area (Å²) >= 11 is 0. The van der Waals surface area contributed by atoms with Crippen LogP contribution in [0, 0.1) is 0 Å². The predicted molar refractivity (Wildman–Crippen MR) is 60.5 cm³/mol. The molecule has 2 amide bonds. The Morgan fingerprint density at radius 1 is 1.00 bits per heavy atom. The van der Waals surface area contributed by atoms with Crippen LogP contribution in [0.3, 0.4) is 0 Å². The number of carbonyl (C=O) groups excluding carboxylic acids is 1. The first-order valence-electron chi connectivity index (χ1n) is 5.44. The van der Waals surface area contributed by atoms with E-state index < -0.39 is 0 Å². The number of amides is 2. The molecule has 0 aliphatic rings. The maximum Gasteiger partial charge on any atom is 0.320 e. The molecule has 84 valence electrons. The van der Waals surface area contributed by atoms with Gasteiger partial charge in [-0.25, -0.2) is 4.79 Å². The van der Waals surface area contributed by atoms with Crippen molar-refractivity contribution in [2.45, 2.75) is 47.1 Å². The third-order valence-corrected chi connectivity index (χ3v) is 2.39. The lowest BCUT2D eigenvalue weighted by Gasteiger charge is -2.38. The summed E-state index contributed by atoms with van der Waals surface area (Å²) in [6.07, 6.45) is 0. The first-order chi connectivity index (χ1) is 6.38. The molecule has 0 aliphatic heterocycles. The van der Waals surface area contributed by atoms with Crippen LogP contribution in [-0.2, 0) is 0 Å². The van der Waals surface area contributed by atoms with Crippen LogP contribution in [0.15, 0.2) is 0 Å². The summed E-state index contributed by atoms with van der Waals surface area (Å²) in [5, 5.41) is 0. The summed E-state index contributed by atoms with van der Waals surface area (Å²) in [6.45, 7) is 14.6. The van der Waals surface area contributed by atoms with Gasteiger partial charge in [-0.15, -0.1) is 0 Å². The summed E-state index contributed by atoms with van der Waals surface area (Å²) in [6, 6.07) is 0.144. The summed E-state index contributed by atoms with van der Waals surface area (Å²) in [7, 11) is 0. The SMILES string of the molecule is CCN(CC)C(=O)N(CC)C(C)(C)C. The van der Waals surface area contributed by atoms with Gasteiger partial charge in [0.05, 0.1) is 0 Å². The minimum absolute atomic E-state index is 0.0889. The largest absolute Gasteiger partial charge is 0.325 e. The van der Waals surface area contributed by atoms with Gasteiger partial charge in [0.25, 0.3) is 0 Å². The van der Waals surface area contributed by atoms with E-state index in [0.29, 0.717) is 0 Å². The van der Waals surface area contributed by atoms with Crippen LogP contribution in [0.1, 0.15) is 41.5 Å². The van der Waals surface area contributed by atoms with E-state index >= 15 is 0 Å². The molecule has 0 aromatic rings. The van der Waals surface area contributed by atoms with Crippen molar-refractivity contribution in [2.75, 3.05) is 19.6 Å². The van der Waals surface area contributed by atoms with Crippen molar-refractivity contribution < 1.29 is 4.79 Å². The maximum absolute atomic E-state index is 12.0.